The molecule has 1 atom stereocenters. The summed E-state index contributed by atoms with van der Waals surface area (Å²) >= 11 is 6.06. The summed E-state index contributed by atoms with van der Waals surface area (Å²) in [5, 5.41) is 12.4. The van der Waals surface area contributed by atoms with Gasteiger partial charge in [0.1, 0.15) is 0 Å². The molecular formula is C18H18ClNO2. The second-order valence-corrected chi connectivity index (χ2v) is 6.91. The monoisotopic (exact) mass is 315 g/mol. The van der Waals surface area contributed by atoms with Crippen LogP contribution in [0, 0.1) is 5.41 Å². The Kier molecular flexibility index (Phi) is 3.61. The first-order valence-electron chi connectivity index (χ1n) is 7.25. The van der Waals surface area contributed by atoms with Crippen molar-refractivity contribution in [2.24, 2.45) is 5.41 Å². The molecule has 1 unspecified atom stereocenters. The predicted octanol–water partition coefficient (Wildman–Crippen LogP) is 4.90. The first-order chi connectivity index (χ1) is 10.4. The van der Waals surface area contributed by atoms with Crippen molar-refractivity contribution >= 4 is 17.7 Å². The Bertz CT molecular complexity index is 740. The fourth-order valence-electron chi connectivity index (χ4n) is 3.30. The minimum Gasteiger partial charge on any atom is -0.465 e. The van der Waals surface area contributed by atoms with Gasteiger partial charge in [-0.1, -0.05) is 55.8 Å². The minimum atomic E-state index is -0.982. The third-order valence-corrected chi connectivity index (χ3v) is 4.54. The summed E-state index contributed by atoms with van der Waals surface area (Å²) in [6, 6.07) is 13.8. The standard InChI is InChI=1S/C18H18ClNO2/c1-18(2)10-13-8-12(11-4-3-5-14(19)9-11)6-7-15(13)16(18)20-17(21)22/h3-9,16,20H,10H2,1-2H3,(H,21,22). The van der Waals surface area contributed by atoms with Gasteiger partial charge in [-0.2, -0.15) is 0 Å². The summed E-state index contributed by atoms with van der Waals surface area (Å²) in [7, 11) is 0. The number of hydrogen-bond acceptors (Lipinski definition) is 1. The van der Waals surface area contributed by atoms with Gasteiger partial charge in [0.05, 0.1) is 6.04 Å². The molecule has 0 saturated carbocycles. The maximum absolute atomic E-state index is 11.1. The summed E-state index contributed by atoms with van der Waals surface area (Å²) in [5.41, 5.74) is 4.31. The quantitative estimate of drug-likeness (QED) is 0.828. The molecule has 3 nitrogen and oxygen atoms in total. The summed E-state index contributed by atoms with van der Waals surface area (Å²) in [5.74, 6) is 0. The van der Waals surface area contributed by atoms with Crippen molar-refractivity contribution in [3.8, 4) is 11.1 Å². The molecule has 22 heavy (non-hydrogen) atoms. The lowest BCUT2D eigenvalue weighted by atomic mass is 9.85. The van der Waals surface area contributed by atoms with Crippen LogP contribution in [-0.4, -0.2) is 11.2 Å². The third-order valence-electron chi connectivity index (χ3n) is 4.31. The summed E-state index contributed by atoms with van der Waals surface area (Å²) in [4.78, 5) is 11.1. The van der Waals surface area contributed by atoms with Crippen molar-refractivity contribution in [2.75, 3.05) is 0 Å². The molecule has 0 aliphatic heterocycles. The van der Waals surface area contributed by atoms with Crippen molar-refractivity contribution in [1.29, 1.82) is 0 Å². The molecule has 2 N–H and O–H groups in total. The topological polar surface area (TPSA) is 49.3 Å². The number of hydrogen-bond donors (Lipinski definition) is 2. The Labute approximate surface area is 134 Å². The van der Waals surface area contributed by atoms with Crippen LogP contribution in [0.4, 0.5) is 4.79 Å². The van der Waals surface area contributed by atoms with Gasteiger partial charge < -0.3 is 10.4 Å². The van der Waals surface area contributed by atoms with Gasteiger partial charge in [0.15, 0.2) is 0 Å². The van der Waals surface area contributed by atoms with Crippen LogP contribution in [0.2, 0.25) is 5.02 Å². The van der Waals surface area contributed by atoms with E-state index < -0.39 is 6.09 Å². The van der Waals surface area contributed by atoms with Gasteiger partial charge in [-0.05, 0) is 46.2 Å². The molecule has 0 spiro atoms. The largest absolute Gasteiger partial charge is 0.465 e. The van der Waals surface area contributed by atoms with Crippen molar-refractivity contribution in [3.05, 3.63) is 58.6 Å². The van der Waals surface area contributed by atoms with Crippen LogP contribution in [0.25, 0.3) is 11.1 Å². The highest BCUT2D eigenvalue weighted by molar-refractivity contribution is 6.30. The Morgan fingerprint density at radius 1 is 1.23 bits per heavy atom. The number of fused-ring (bicyclic) bond motifs is 1. The lowest BCUT2D eigenvalue weighted by Crippen LogP contribution is -2.34. The van der Waals surface area contributed by atoms with Gasteiger partial charge in [-0.15, -0.1) is 0 Å². The van der Waals surface area contributed by atoms with E-state index in [0.717, 1.165) is 23.1 Å². The van der Waals surface area contributed by atoms with E-state index in [0.29, 0.717) is 5.02 Å². The molecule has 114 valence electrons. The van der Waals surface area contributed by atoms with Crippen LogP contribution < -0.4 is 5.32 Å². The second kappa shape index (κ2) is 5.33. The number of benzene rings is 2. The first kappa shape index (κ1) is 14.9. The molecule has 3 rings (SSSR count). The highest BCUT2D eigenvalue weighted by Crippen LogP contribution is 2.46. The van der Waals surface area contributed by atoms with Gasteiger partial charge in [-0.3, -0.25) is 0 Å². The molecule has 0 heterocycles. The fraction of sp³-hybridized carbons (Fsp3) is 0.278. The molecular weight excluding hydrogens is 298 g/mol. The zero-order valence-corrected chi connectivity index (χ0v) is 13.3. The predicted molar refractivity (Wildman–Crippen MR) is 88.3 cm³/mol. The molecule has 0 saturated heterocycles. The van der Waals surface area contributed by atoms with E-state index in [2.05, 4.69) is 25.2 Å². The van der Waals surface area contributed by atoms with Crippen LogP contribution >= 0.6 is 11.6 Å². The molecule has 1 amide bonds. The number of carboxylic acid groups (broad SMARTS) is 1. The molecule has 2 aromatic rings. The molecule has 0 aromatic heterocycles. The summed E-state index contributed by atoms with van der Waals surface area (Å²) < 4.78 is 0. The van der Waals surface area contributed by atoms with E-state index in [1.807, 2.05) is 36.4 Å². The highest BCUT2D eigenvalue weighted by Gasteiger charge is 2.39. The Morgan fingerprint density at radius 2 is 1.95 bits per heavy atom. The van der Waals surface area contributed by atoms with Crippen molar-refractivity contribution in [2.45, 2.75) is 26.3 Å². The number of nitrogens with one attached hydrogen (secondary N) is 1. The van der Waals surface area contributed by atoms with E-state index in [1.165, 1.54) is 5.56 Å². The Balaban J connectivity index is 2.01. The lowest BCUT2D eigenvalue weighted by Gasteiger charge is -2.27. The van der Waals surface area contributed by atoms with Crippen LogP contribution in [0.5, 0.6) is 0 Å². The van der Waals surface area contributed by atoms with Crippen LogP contribution in [0.3, 0.4) is 0 Å². The zero-order valence-electron chi connectivity index (χ0n) is 12.6. The number of halogens is 1. The molecule has 2 aromatic carbocycles. The second-order valence-electron chi connectivity index (χ2n) is 6.47. The number of rotatable bonds is 2. The normalized spacial score (nSPS) is 18.8. The maximum Gasteiger partial charge on any atom is 0.405 e. The first-order valence-corrected chi connectivity index (χ1v) is 7.63. The minimum absolute atomic E-state index is 0.131. The van der Waals surface area contributed by atoms with E-state index in [1.54, 1.807) is 0 Å². The van der Waals surface area contributed by atoms with E-state index in [-0.39, 0.29) is 11.5 Å². The van der Waals surface area contributed by atoms with Crippen molar-refractivity contribution in [1.82, 2.24) is 5.32 Å². The number of amides is 1. The summed E-state index contributed by atoms with van der Waals surface area (Å²) in [6.45, 7) is 4.18. The lowest BCUT2D eigenvalue weighted by molar-refractivity contribution is 0.175. The van der Waals surface area contributed by atoms with E-state index in [4.69, 9.17) is 16.7 Å². The molecule has 1 aliphatic rings. The van der Waals surface area contributed by atoms with Gasteiger partial charge in [0.25, 0.3) is 0 Å². The van der Waals surface area contributed by atoms with Crippen LogP contribution in [0.1, 0.15) is 31.0 Å². The van der Waals surface area contributed by atoms with Crippen LogP contribution in [-0.2, 0) is 6.42 Å². The SMILES string of the molecule is CC1(C)Cc2cc(-c3cccc(Cl)c3)ccc2C1NC(=O)O. The molecule has 4 heteroatoms. The van der Waals surface area contributed by atoms with E-state index >= 15 is 0 Å². The highest BCUT2D eigenvalue weighted by atomic mass is 35.5. The Hall–Kier alpha value is -2.00. The van der Waals surface area contributed by atoms with Crippen molar-refractivity contribution in [3.63, 3.8) is 0 Å². The van der Waals surface area contributed by atoms with Crippen LogP contribution in [0.15, 0.2) is 42.5 Å². The zero-order chi connectivity index (χ0) is 15.9. The third kappa shape index (κ3) is 2.69. The smallest absolute Gasteiger partial charge is 0.405 e. The van der Waals surface area contributed by atoms with Gasteiger partial charge >= 0.3 is 6.09 Å². The fourth-order valence-corrected chi connectivity index (χ4v) is 3.49. The average molecular weight is 316 g/mol. The van der Waals surface area contributed by atoms with Gasteiger partial charge in [0, 0.05) is 5.02 Å². The molecule has 0 bridgehead atoms. The average Bonchev–Trinajstić information content (AvgIpc) is 2.68. The Morgan fingerprint density at radius 3 is 2.64 bits per heavy atom. The molecule has 1 aliphatic carbocycles. The number of carbonyl (C=O) groups is 1. The molecule has 0 fully saturated rings. The summed E-state index contributed by atoms with van der Waals surface area (Å²) in [6.07, 6.45) is -0.133. The van der Waals surface area contributed by atoms with Gasteiger partial charge in [0.2, 0.25) is 0 Å². The van der Waals surface area contributed by atoms with Crippen molar-refractivity contribution < 1.29 is 9.90 Å². The van der Waals surface area contributed by atoms with E-state index in [9.17, 15) is 4.79 Å². The molecule has 0 radical (unpaired) electrons. The van der Waals surface area contributed by atoms with Gasteiger partial charge in [-0.25, -0.2) is 4.79 Å². The maximum atomic E-state index is 11.1.